The summed E-state index contributed by atoms with van der Waals surface area (Å²) in [5.74, 6) is -1.28. The second kappa shape index (κ2) is 5.20. The number of rotatable bonds is 3. The summed E-state index contributed by atoms with van der Waals surface area (Å²) in [5.41, 5.74) is 4.54. The van der Waals surface area contributed by atoms with Crippen LogP contribution in [0.2, 0.25) is 0 Å². The molecule has 0 spiro atoms. The Labute approximate surface area is 112 Å². The topological polar surface area (TPSA) is 59.2 Å². The van der Waals surface area contributed by atoms with E-state index in [9.17, 15) is 18.0 Å². The predicted octanol–water partition coefficient (Wildman–Crippen LogP) is 2.84. The molecule has 2 N–H and O–H groups in total. The number of hydrogen-bond donors (Lipinski definition) is 1. The van der Waals surface area contributed by atoms with Crippen molar-refractivity contribution in [1.82, 2.24) is 4.98 Å². The summed E-state index contributed by atoms with van der Waals surface area (Å²) < 4.78 is 39.8. The van der Waals surface area contributed by atoms with Crippen molar-refractivity contribution in [3.05, 3.63) is 54.2 Å². The highest BCUT2D eigenvalue weighted by molar-refractivity contribution is 5.99. The molecular weight excluding hydrogens is 271 g/mol. The van der Waals surface area contributed by atoms with E-state index in [1.54, 1.807) is 0 Å². The van der Waals surface area contributed by atoms with E-state index < -0.39 is 12.2 Å². The first-order valence-corrected chi connectivity index (χ1v) is 5.58. The first-order chi connectivity index (χ1) is 9.41. The van der Waals surface area contributed by atoms with E-state index in [4.69, 9.17) is 5.73 Å². The molecule has 2 rings (SSSR count). The summed E-state index contributed by atoms with van der Waals surface area (Å²) in [5, 5.41) is 0. The summed E-state index contributed by atoms with van der Waals surface area (Å²) in [6.45, 7) is 0. The van der Waals surface area contributed by atoms with Crippen LogP contribution in [0, 0.1) is 0 Å². The van der Waals surface area contributed by atoms with Crippen LogP contribution in [0.3, 0.4) is 0 Å². The van der Waals surface area contributed by atoms with Gasteiger partial charge in [-0.05, 0) is 24.3 Å². The van der Waals surface area contributed by atoms with Crippen molar-refractivity contribution < 1.29 is 18.0 Å². The Morgan fingerprint density at radius 2 is 1.75 bits per heavy atom. The van der Waals surface area contributed by atoms with Gasteiger partial charge < -0.3 is 5.73 Å². The zero-order valence-electron chi connectivity index (χ0n) is 10.1. The smallest absolute Gasteiger partial charge is 0.366 e. The van der Waals surface area contributed by atoms with Crippen molar-refractivity contribution in [2.75, 3.05) is 4.90 Å². The van der Waals surface area contributed by atoms with E-state index in [0.29, 0.717) is 0 Å². The van der Waals surface area contributed by atoms with Gasteiger partial charge in [-0.25, -0.2) is 9.88 Å². The Balaban J connectivity index is 2.63. The molecular formula is C13H10F3N3O. The molecule has 1 aromatic carbocycles. The van der Waals surface area contributed by atoms with Crippen LogP contribution in [0.15, 0.2) is 48.7 Å². The van der Waals surface area contributed by atoms with Crippen LogP contribution in [0.1, 0.15) is 10.4 Å². The second-order valence-electron chi connectivity index (χ2n) is 3.87. The third-order valence-corrected chi connectivity index (χ3v) is 2.54. The lowest BCUT2D eigenvalue weighted by Crippen LogP contribution is -2.35. The van der Waals surface area contributed by atoms with Gasteiger partial charge in [0.2, 0.25) is 0 Å². The Hall–Kier alpha value is -2.57. The molecule has 0 fully saturated rings. The van der Waals surface area contributed by atoms with Crippen LogP contribution in [-0.2, 0) is 0 Å². The van der Waals surface area contributed by atoms with Gasteiger partial charge in [0, 0.05) is 6.20 Å². The zero-order valence-corrected chi connectivity index (χ0v) is 10.1. The van der Waals surface area contributed by atoms with E-state index in [2.05, 4.69) is 4.98 Å². The highest BCUT2D eigenvalue weighted by Crippen LogP contribution is 2.36. The lowest BCUT2D eigenvalue weighted by atomic mass is 10.1. The second-order valence-corrected chi connectivity index (χ2v) is 3.87. The number of pyridine rings is 1. The van der Waals surface area contributed by atoms with Crippen LogP contribution in [-0.4, -0.2) is 17.2 Å². The molecule has 1 amide bonds. The molecule has 0 atom stereocenters. The maximum Gasteiger partial charge on any atom is 0.490 e. The average molecular weight is 281 g/mol. The van der Waals surface area contributed by atoms with Crippen LogP contribution in [0.5, 0.6) is 0 Å². The van der Waals surface area contributed by atoms with Crippen molar-refractivity contribution in [1.29, 1.82) is 0 Å². The summed E-state index contributed by atoms with van der Waals surface area (Å²) in [4.78, 5) is 15.0. The van der Waals surface area contributed by atoms with Gasteiger partial charge in [0.25, 0.3) is 5.91 Å². The lowest BCUT2D eigenvalue weighted by molar-refractivity contribution is -0.121. The van der Waals surface area contributed by atoms with Crippen molar-refractivity contribution in [3.63, 3.8) is 0 Å². The van der Waals surface area contributed by atoms with Crippen LogP contribution in [0.25, 0.3) is 0 Å². The fourth-order valence-corrected chi connectivity index (χ4v) is 1.75. The van der Waals surface area contributed by atoms with Gasteiger partial charge in [-0.3, -0.25) is 4.79 Å². The number of carbonyl (C=O) groups excluding carboxylic acids is 1. The molecule has 0 unspecified atom stereocenters. The Morgan fingerprint density at radius 1 is 1.10 bits per heavy atom. The van der Waals surface area contributed by atoms with E-state index >= 15 is 0 Å². The fourth-order valence-electron chi connectivity index (χ4n) is 1.75. The molecule has 20 heavy (non-hydrogen) atoms. The lowest BCUT2D eigenvalue weighted by Gasteiger charge is -2.27. The van der Waals surface area contributed by atoms with Crippen molar-refractivity contribution in [2.24, 2.45) is 5.73 Å². The molecule has 0 saturated heterocycles. The first kappa shape index (κ1) is 13.9. The molecule has 104 valence electrons. The van der Waals surface area contributed by atoms with Gasteiger partial charge >= 0.3 is 6.30 Å². The number of benzene rings is 1. The van der Waals surface area contributed by atoms with Gasteiger partial charge in [0.1, 0.15) is 5.82 Å². The summed E-state index contributed by atoms with van der Waals surface area (Å²) in [7, 11) is 0. The molecule has 2 aromatic rings. The number of primary amides is 1. The number of nitrogens with two attached hydrogens (primary N) is 1. The number of alkyl halides is 3. The van der Waals surface area contributed by atoms with E-state index in [1.807, 2.05) is 0 Å². The van der Waals surface area contributed by atoms with E-state index in [-0.39, 0.29) is 22.0 Å². The molecule has 4 nitrogen and oxygen atoms in total. The Bertz CT molecular complexity index is 614. The minimum Gasteiger partial charge on any atom is -0.366 e. The quantitative estimate of drug-likeness (QED) is 0.880. The fraction of sp³-hybridized carbons (Fsp3) is 0.0769. The number of anilines is 2. The minimum atomic E-state index is -4.74. The van der Waals surface area contributed by atoms with E-state index in [0.717, 1.165) is 0 Å². The van der Waals surface area contributed by atoms with Gasteiger partial charge in [0.05, 0.1) is 11.3 Å². The summed E-state index contributed by atoms with van der Waals surface area (Å²) in [6, 6.07) is 9.36. The predicted molar refractivity (Wildman–Crippen MR) is 67.4 cm³/mol. The molecule has 1 aromatic heterocycles. The van der Waals surface area contributed by atoms with Crippen molar-refractivity contribution in [2.45, 2.75) is 6.30 Å². The summed E-state index contributed by atoms with van der Waals surface area (Å²) >= 11 is 0. The molecule has 0 bridgehead atoms. The number of halogens is 3. The maximum atomic E-state index is 13.3. The first-order valence-electron chi connectivity index (χ1n) is 5.58. The SMILES string of the molecule is NC(=O)c1ccccc1N(c1ccccn1)C(F)(F)F. The number of para-hydroxylation sites is 1. The standard InChI is InChI=1S/C13H10F3N3O/c14-13(15,16)19(11-7-3-4-8-18-11)10-6-2-1-5-9(10)12(17)20/h1-8H,(H2,17,20). The normalized spacial score (nSPS) is 11.2. The molecule has 0 saturated carbocycles. The Morgan fingerprint density at radius 3 is 2.30 bits per heavy atom. The molecule has 7 heteroatoms. The minimum absolute atomic E-state index is 0.0209. The highest BCUT2D eigenvalue weighted by atomic mass is 19.4. The number of nitrogens with zero attached hydrogens (tertiary/aromatic N) is 2. The van der Waals surface area contributed by atoms with Gasteiger partial charge in [-0.15, -0.1) is 13.2 Å². The molecule has 0 aliphatic heterocycles. The van der Waals surface area contributed by atoms with Crippen LogP contribution in [0.4, 0.5) is 24.7 Å². The summed E-state index contributed by atoms with van der Waals surface area (Å²) in [6.07, 6.45) is -3.50. The Kier molecular flexibility index (Phi) is 3.60. The number of amides is 1. The van der Waals surface area contributed by atoms with Crippen molar-refractivity contribution >= 4 is 17.4 Å². The van der Waals surface area contributed by atoms with Gasteiger partial charge in [-0.2, -0.15) is 0 Å². The van der Waals surface area contributed by atoms with Crippen molar-refractivity contribution in [3.8, 4) is 0 Å². The van der Waals surface area contributed by atoms with Crippen LogP contribution >= 0.6 is 0 Å². The monoisotopic (exact) mass is 281 g/mol. The maximum absolute atomic E-state index is 13.3. The molecule has 0 radical (unpaired) electrons. The highest BCUT2D eigenvalue weighted by Gasteiger charge is 2.41. The van der Waals surface area contributed by atoms with Gasteiger partial charge in [0.15, 0.2) is 0 Å². The molecule has 0 aliphatic rings. The third kappa shape index (κ3) is 2.71. The van der Waals surface area contributed by atoms with E-state index in [1.165, 1.54) is 48.7 Å². The van der Waals surface area contributed by atoms with Crippen LogP contribution < -0.4 is 10.6 Å². The average Bonchev–Trinajstić information content (AvgIpc) is 2.39. The number of aromatic nitrogens is 1. The largest absolute Gasteiger partial charge is 0.490 e. The number of carbonyl (C=O) groups is 1. The zero-order chi connectivity index (χ0) is 14.8. The van der Waals surface area contributed by atoms with Gasteiger partial charge in [-0.1, -0.05) is 18.2 Å². The number of hydrogen-bond acceptors (Lipinski definition) is 3. The molecule has 0 aliphatic carbocycles. The molecule has 1 heterocycles. The third-order valence-electron chi connectivity index (χ3n) is 2.54.